The van der Waals surface area contributed by atoms with Crippen LogP contribution in [0.15, 0.2) is 24.3 Å². The SMILES string of the molecule is CC(C)COCCC(CO)(CO)c1cccc(F)c1. The van der Waals surface area contributed by atoms with E-state index in [0.29, 0.717) is 31.1 Å². The summed E-state index contributed by atoms with van der Waals surface area (Å²) in [6, 6.07) is 6.00. The second-order valence-electron chi connectivity index (χ2n) is 5.33. The Morgan fingerprint density at radius 3 is 2.47 bits per heavy atom. The molecule has 2 N–H and O–H groups in total. The van der Waals surface area contributed by atoms with E-state index in [0.717, 1.165) is 0 Å². The number of ether oxygens (including phenoxy) is 1. The Morgan fingerprint density at radius 1 is 1.26 bits per heavy atom. The van der Waals surface area contributed by atoms with Crippen LogP contribution in [0, 0.1) is 11.7 Å². The fourth-order valence-corrected chi connectivity index (χ4v) is 1.94. The number of hydrogen-bond acceptors (Lipinski definition) is 3. The smallest absolute Gasteiger partial charge is 0.123 e. The summed E-state index contributed by atoms with van der Waals surface area (Å²) in [7, 11) is 0. The molecule has 0 heterocycles. The number of hydrogen-bond donors (Lipinski definition) is 2. The second-order valence-corrected chi connectivity index (χ2v) is 5.33. The molecule has 0 radical (unpaired) electrons. The molecule has 1 aromatic carbocycles. The molecule has 0 atom stereocenters. The van der Waals surface area contributed by atoms with E-state index < -0.39 is 5.41 Å². The first-order chi connectivity index (χ1) is 9.04. The minimum absolute atomic E-state index is 0.238. The third kappa shape index (κ3) is 4.56. The molecule has 1 rings (SSSR count). The average Bonchev–Trinajstić information content (AvgIpc) is 2.39. The van der Waals surface area contributed by atoms with Gasteiger partial charge in [0.15, 0.2) is 0 Å². The van der Waals surface area contributed by atoms with Crippen LogP contribution in [0.1, 0.15) is 25.8 Å². The maximum atomic E-state index is 13.3. The molecule has 0 aliphatic carbocycles. The van der Waals surface area contributed by atoms with E-state index in [9.17, 15) is 14.6 Å². The highest BCUT2D eigenvalue weighted by molar-refractivity contribution is 5.26. The van der Waals surface area contributed by atoms with E-state index in [1.165, 1.54) is 12.1 Å². The Labute approximate surface area is 114 Å². The zero-order chi connectivity index (χ0) is 14.3. The Morgan fingerprint density at radius 2 is 1.95 bits per heavy atom. The van der Waals surface area contributed by atoms with Gasteiger partial charge in [-0.2, -0.15) is 0 Å². The molecule has 0 unspecified atom stereocenters. The van der Waals surface area contributed by atoms with Crippen molar-refractivity contribution in [2.24, 2.45) is 5.92 Å². The van der Waals surface area contributed by atoms with Crippen LogP contribution >= 0.6 is 0 Å². The number of halogens is 1. The molecule has 3 nitrogen and oxygen atoms in total. The van der Waals surface area contributed by atoms with Gasteiger partial charge >= 0.3 is 0 Å². The van der Waals surface area contributed by atoms with Gasteiger partial charge in [0.2, 0.25) is 0 Å². The molecule has 0 saturated heterocycles. The summed E-state index contributed by atoms with van der Waals surface area (Å²) in [5.41, 5.74) is -0.246. The summed E-state index contributed by atoms with van der Waals surface area (Å²) in [4.78, 5) is 0. The third-order valence-electron chi connectivity index (χ3n) is 3.22. The van der Waals surface area contributed by atoms with Crippen molar-refractivity contribution in [3.8, 4) is 0 Å². The van der Waals surface area contributed by atoms with Gasteiger partial charge in [0.1, 0.15) is 5.82 Å². The van der Waals surface area contributed by atoms with Gasteiger partial charge in [-0.15, -0.1) is 0 Å². The summed E-state index contributed by atoms with van der Waals surface area (Å²) in [6.45, 7) is 4.69. The van der Waals surface area contributed by atoms with Gasteiger partial charge in [0.25, 0.3) is 0 Å². The number of aliphatic hydroxyl groups excluding tert-OH is 2. The second kappa shape index (κ2) is 7.58. The maximum absolute atomic E-state index is 13.3. The van der Waals surface area contributed by atoms with Gasteiger partial charge in [-0.05, 0) is 30.0 Å². The van der Waals surface area contributed by atoms with E-state index in [1.807, 2.05) is 0 Å². The molecule has 4 heteroatoms. The van der Waals surface area contributed by atoms with Crippen LogP contribution < -0.4 is 0 Å². The molecular weight excluding hydrogens is 247 g/mol. The first-order valence-corrected chi connectivity index (χ1v) is 6.59. The molecule has 0 bridgehead atoms. The largest absolute Gasteiger partial charge is 0.395 e. The summed E-state index contributed by atoms with van der Waals surface area (Å²) in [6.07, 6.45) is 0.455. The molecule has 0 aliphatic rings. The molecule has 0 spiro atoms. The summed E-state index contributed by atoms with van der Waals surface area (Å²) in [5.74, 6) is 0.0682. The van der Waals surface area contributed by atoms with E-state index in [2.05, 4.69) is 13.8 Å². The lowest BCUT2D eigenvalue weighted by molar-refractivity contribution is 0.0535. The Kier molecular flexibility index (Phi) is 6.42. The first-order valence-electron chi connectivity index (χ1n) is 6.59. The molecule has 0 amide bonds. The lowest BCUT2D eigenvalue weighted by Gasteiger charge is -2.30. The highest BCUT2D eigenvalue weighted by Crippen LogP contribution is 2.28. The van der Waals surface area contributed by atoms with E-state index in [4.69, 9.17) is 4.74 Å². The van der Waals surface area contributed by atoms with Crippen LogP contribution in [0.4, 0.5) is 4.39 Å². The monoisotopic (exact) mass is 270 g/mol. The first kappa shape index (κ1) is 16.1. The Hall–Kier alpha value is -0.970. The molecule has 0 fully saturated rings. The van der Waals surface area contributed by atoms with Crippen molar-refractivity contribution < 1.29 is 19.3 Å². The number of aliphatic hydroxyl groups is 2. The molecule has 0 aromatic heterocycles. The Bertz CT molecular complexity index is 375. The minimum Gasteiger partial charge on any atom is -0.395 e. The van der Waals surface area contributed by atoms with Gasteiger partial charge in [-0.25, -0.2) is 4.39 Å². The average molecular weight is 270 g/mol. The molecule has 0 saturated carbocycles. The summed E-state index contributed by atoms with van der Waals surface area (Å²) < 4.78 is 18.8. The van der Waals surface area contributed by atoms with Crippen molar-refractivity contribution in [2.45, 2.75) is 25.7 Å². The molecule has 19 heavy (non-hydrogen) atoms. The van der Waals surface area contributed by atoms with Gasteiger partial charge < -0.3 is 14.9 Å². The van der Waals surface area contributed by atoms with Crippen LogP contribution in [-0.4, -0.2) is 36.6 Å². The fourth-order valence-electron chi connectivity index (χ4n) is 1.94. The van der Waals surface area contributed by atoms with Crippen LogP contribution in [0.3, 0.4) is 0 Å². The van der Waals surface area contributed by atoms with Crippen molar-refractivity contribution in [3.05, 3.63) is 35.6 Å². The van der Waals surface area contributed by atoms with Gasteiger partial charge in [-0.3, -0.25) is 0 Å². The zero-order valence-corrected chi connectivity index (χ0v) is 11.6. The predicted molar refractivity (Wildman–Crippen MR) is 72.5 cm³/mol. The fraction of sp³-hybridized carbons (Fsp3) is 0.600. The van der Waals surface area contributed by atoms with Gasteiger partial charge in [-0.1, -0.05) is 26.0 Å². The molecular formula is C15H23FO3. The van der Waals surface area contributed by atoms with Crippen LogP contribution in [0.2, 0.25) is 0 Å². The lowest BCUT2D eigenvalue weighted by Crippen LogP contribution is -2.36. The van der Waals surface area contributed by atoms with Gasteiger partial charge in [0.05, 0.1) is 13.2 Å². The quantitative estimate of drug-likeness (QED) is 0.711. The summed E-state index contributed by atoms with van der Waals surface area (Å²) in [5, 5.41) is 19.2. The predicted octanol–water partition coefficient (Wildman–Crippen LogP) is 2.11. The summed E-state index contributed by atoms with van der Waals surface area (Å²) >= 11 is 0. The normalized spacial score (nSPS) is 12.1. The van der Waals surface area contributed by atoms with Crippen molar-refractivity contribution >= 4 is 0 Å². The standard InChI is InChI=1S/C15H23FO3/c1-12(2)9-19-7-6-15(10-17,11-18)13-4-3-5-14(16)8-13/h3-5,8,12,17-18H,6-7,9-11H2,1-2H3. The Balaban J connectivity index is 2.73. The third-order valence-corrected chi connectivity index (χ3v) is 3.22. The number of benzene rings is 1. The van der Waals surface area contributed by atoms with Crippen molar-refractivity contribution in [2.75, 3.05) is 26.4 Å². The van der Waals surface area contributed by atoms with Crippen molar-refractivity contribution in [1.82, 2.24) is 0 Å². The molecule has 1 aromatic rings. The highest BCUT2D eigenvalue weighted by Gasteiger charge is 2.31. The lowest BCUT2D eigenvalue weighted by atomic mass is 9.79. The van der Waals surface area contributed by atoms with Gasteiger partial charge in [0, 0.05) is 18.6 Å². The van der Waals surface area contributed by atoms with Crippen LogP contribution in [0.25, 0.3) is 0 Å². The van der Waals surface area contributed by atoms with E-state index in [1.54, 1.807) is 12.1 Å². The minimum atomic E-state index is -0.848. The van der Waals surface area contributed by atoms with Crippen LogP contribution in [0.5, 0.6) is 0 Å². The maximum Gasteiger partial charge on any atom is 0.123 e. The topological polar surface area (TPSA) is 49.7 Å². The molecule has 108 valence electrons. The van der Waals surface area contributed by atoms with E-state index in [-0.39, 0.29) is 19.0 Å². The van der Waals surface area contributed by atoms with Crippen LogP contribution in [-0.2, 0) is 10.2 Å². The van der Waals surface area contributed by atoms with E-state index >= 15 is 0 Å². The zero-order valence-electron chi connectivity index (χ0n) is 11.6. The van der Waals surface area contributed by atoms with Crippen molar-refractivity contribution in [1.29, 1.82) is 0 Å². The molecule has 0 aliphatic heterocycles. The van der Waals surface area contributed by atoms with Crippen molar-refractivity contribution in [3.63, 3.8) is 0 Å². The highest BCUT2D eigenvalue weighted by atomic mass is 19.1. The number of rotatable bonds is 8.